The Balaban J connectivity index is 2.45. The van der Waals surface area contributed by atoms with Gasteiger partial charge in [0.05, 0.1) is 19.8 Å². The number of amides is 3. The van der Waals surface area contributed by atoms with E-state index in [1.807, 2.05) is 0 Å². The van der Waals surface area contributed by atoms with Gasteiger partial charge in [0.1, 0.15) is 0 Å². The number of carboxylic acid groups (broad SMARTS) is 1. The Labute approximate surface area is 116 Å². The van der Waals surface area contributed by atoms with Gasteiger partial charge in [-0.2, -0.15) is 0 Å². The lowest BCUT2D eigenvalue weighted by Crippen LogP contribution is -2.50. The second-order valence-corrected chi connectivity index (χ2v) is 4.36. The number of nitrogens with zero attached hydrogens (tertiary/aromatic N) is 1. The molecule has 0 bridgehead atoms. The molecule has 0 aromatic rings. The van der Waals surface area contributed by atoms with Crippen molar-refractivity contribution in [2.24, 2.45) is 0 Å². The van der Waals surface area contributed by atoms with Crippen LogP contribution in [0.1, 0.15) is 6.42 Å². The molecule has 1 rings (SSSR count). The molecular weight excluding hydrogens is 270 g/mol. The number of carbonyl (C=O) groups excluding carboxylic acids is 2. The third-order valence-corrected chi connectivity index (χ3v) is 2.91. The summed E-state index contributed by atoms with van der Waals surface area (Å²) in [6, 6.07) is -1.79. The molecule has 114 valence electrons. The highest BCUT2D eigenvalue weighted by molar-refractivity contribution is 5.83. The highest BCUT2D eigenvalue weighted by Gasteiger charge is 2.30. The van der Waals surface area contributed by atoms with Crippen LogP contribution in [0, 0.1) is 0 Å². The molecule has 9 nitrogen and oxygen atoms in total. The lowest BCUT2D eigenvalue weighted by Gasteiger charge is -2.20. The van der Waals surface area contributed by atoms with Crippen LogP contribution in [0.3, 0.4) is 0 Å². The molecule has 9 heteroatoms. The normalized spacial score (nSPS) is 19.3. The van der Waals surface area contributed by atoms with Gasteiger partial charge >= 0.3 is 18.1 Å². The Kier molecular flexibility index (Phi) is 6.04. The standard InChI is InChI=1S/C11H19N3O6/c1-19-6-8(9(15)16)13-10(17)14-4-3-7(5-14)12-11(18)20-2/h7-8H,3-6H2,1-2H3,(H,12,18)(H,13,17)(H,15,16). The number of ether oxygens (including phenoxy) is 2. The second kappa shape index (κ2) is 7.53. The number of urea groups is 1. The van der Waals surface area contributed by atoms with E-state index < -0.39 is 24.1 Å². The molecular formula is C11H19N3O6. The predicted molar refractivity (Wildman–Crippen MR) is 67.4 cm³/mol. The van der Waals surface area contributed by atoms with E-state index in [1.54, 1.807) is 0 Å². The molecule has 1 aliphatic rings. The van der Waals surface area contributed by atoms with Crippen LogP contribution in [0.15, 0.2) is 0 Å². The molecule has 1 saturated heterocycles. The van der Waals surface area contributed by atoms with E-state index >= 15 is 0 Å². The topological polar surface area (TPSA) is 117 Å². The van der Waals surface area contributed by atoms with Crippen molar-refractivity contribution in [3.8, 4) is 0 Å². The SMILES string of the molecule is COCC(NC(=O)N1CCC(NC(=O)OC)C1)C(=O)O. The van der Waals surface area contributed by atoms with Crippen LogP contribution in [0.2, 0.25) is 0 Å². The maximum atomic E-state index is 11.9. The molecule has 0 aromatic heterocycles. The fraction of sp³-hybridized carbons (Fsp3) is 0.727. The molecule has 0 aromatic carbocycles. The molecule has 1 fully saturated rings. The van der Waals surface area contributed by atoms with Crippen molar-refractivity contribution < 1.29 is 29.0 Å². The second-order valence-electron chi connectivity index (χ2n) is 4.36. The Morgan fingerprint density at radius 3 is 2.65 bits per heavy atom. The average molecular weight is 289 g/mol. The van der Waals surface area contributed by atoms with E-state index in [1.165, 1.54) is 19.1 Å². The molecule has 1 aliphatic heterocycles. The van der Waals surface area contributed by atoms with Gasteiger partial charge in [-0.25, -0.2) is 14.4 Å². The Bertz CT molecular complexity index is 375. The number of methoxy groups -OCH3 is 2. The molecule has 20 heavy (non-hydrogen) atoms. The van der Waals surface area contributed by atoms with Gasteiger partial charge in [-0.3, -0.25) is 0 Å². The Morgan fingerprint density at radius 1 is 1.40 bits per heavy atom. The quantitative estimate of drug-likeness (QED) is 0.611. The number of hydrogen-bond acceptors (Lipinski definition) is 5. The van der Waals surface area contributed by atoms with Gasteiger partial charge < -0.3 is 30.1 Å². The number of nitrogens with one attached hydrogen (secondary N) is 2. The molecule has 2 atom stereocenters. The van der Waals surface area contributed by atoms with Crippen LogP contribution >= 0.6 is 0 Å². The molecule has 0 spiro atoms. The van der Waals surface area contributed by atoms with Crippen molar-refractivity contribution in [1.82, 2.24) is 15.5 Å². The lowest BCUT2D eigenvalue weighted by molar-refractivity contribution is -0.140. The van der Waals surface area contributed by atoms with Gasteiger partial charge in [0.15, 0.2) is 6.04 Å². The first-order valence-corrected chi connectivity index (χ1v) is 6.09. The summed E-state index contributed by atoms with van der Waals surface area (Å²) in [6.45, 7) is 0.624. The van der Waals surface area contributed by atoms with Crippen molar-refractivity contribution in [3.63, 3.8) is 0 Å². The summed E-state index contributed by atoms with van der Waals surface area (Å²) in [5, 5.41) is 13.9. The molecule has 0 aliphatic carbocycles. The minimum atomic E-state index is -1.16. The van der Waals surface area contributed by atoms with Crippen LogP contribution < -0.4 is 10.6 Å². The van der Waals surface area contributed by atoms with Crippen molar-refractivity contribution in [2.45, 2.75) is 18.5 Å². The Morgan fingerprint density at radius 2 is 2.10 bits per heavy atom. The van der Waals surface area contributed by atoms with Gasteiger partial charge in [-0.1, -0.05) is 0 Å². The Hall–Kier alpha value is -2.03. The van der Waals surface area contributed by atoms with Gasteiger partial charge in [-0.15, -0.1) is 0 Å². The van der Waals surface area contributed by atoms with Crippen molar-refractivity contribution >= 4 is 18.1 Å². The fourth-order valence-electron chi connectivity index (χ4n) is 1.87. The van der Waals surface area contributed by atoms with Gasteiger partial charge in [0.25, 0.3) is 0 Å². The van der Waals surface area contributed by atoms with Crippen molar-refractivity contribution in [1.29, 1.82) is 0 Å². The summed E-state index contributed by atoms with van der Waals surface area (Å²) in [5.41, 5.74) is 0. The summed E-state index contributed by atoms with van der Waals surface area (Å²) in [4.78, 5) is 35.3. The summed E-state index contributed by atoms with van der Waals surface area (Å²) in [6.07, 6.45) is 0.0323. The minimum Gasteiger partial charge on any atom is -0.480 e. The lowest BCUT2D eigenvalue weighted by atomic mass is 10.3. The number of alkyl carbamates (subject to hydrolysis) is 1. The monoisotopic (exact) mass is 289 g/mol. The fourth-order valence-corrected chi connectivity index (χ4v) is 1.87. The molecule has 0 saturated carbocycles. The van der Waals surface area contributed by atoms with E-state index in [2.05, 4.69) is 15.4 Å². The van der Waals surface area contributed by atoms with Crippen LogP contribution in [-0.2, 0) is 14.3 Å². The van der Waals surface area contributed by atoms with Crippen molar-refractivity contribution in [2.75, 3.05) is 33.9 Å². The predicted octanol–water partition coefficient (Wildman–Crippen LogP) is -0.774. The van der Waals surface area contributed by atoms with Crippen LogP contribution in [-0.4, -0.2) is 74.1 Å². The number of likely N-dealkylation sites (tertiary alicyclic amines) is 1. The summed E-state index contributed by atoms with van der Waals surface area (Å²) >= 11 is 0. The van der Waals surface area contributed by atoms with Gasteiger partial charge in [-0.05, 0) is 6.42 Å². The first-order valence-electron chi connectivity index (χ1n) is 6.09. The average Bonchev–Trinajstić information content (AvgIpc) is 2.86. The third-order valence-electron chi connectivity index (χ3n) is 2.91. The molecule has 3 N–H and O–H groups in total. The molecule has 0 radical (unpaired) electrons. The maximum absolute atomic E-state index is 11.9. The summed E-state index contributed by atoms with van der Waals surface area (Å²) in [7, 11) is 2.62. The van der Waals surface area contributed by atoms with Gasteiger partial charge in [0.2, 0.25) is 0 Å². The van der Waals surface area contributed by atoms with Crippen LogP contribution in [0.25, 0.3) is 0 Å². The number of carboxylic acids is 1. The maximum Gasteiger partial charge on any atom is 0.407 e. The highest BCUT2D eigenvalue weighted by atomic mass is 16.5. The zero-order valence-electron chi connectivity index (χ0n) is 11.4. The first-order chi connectivity index (χ1) is 9.47. The third kappa shape index (κ3) is 4.57. The van der Waals surface area contributed by atoms with E-state index in [-0.39, 0.29) is 12.6 Å². The summed E-state index contributed by atoms with van der Waals surface area (Å²) in [5.74, 6) is -1.16. The van der Waals surface area contributed by atoms with E-state index in [4.69, 9.17) is 9.84 Å². The smallest absolute Gasteiger partial charge is 0.407 e. The first kappa shape index (κ1) is 16.0. The van der Waals surface area contributed by atoms with Crippen LogP contribution in [0.5, 0.6) is 0 Å². The molecule has 1 heterocycles. The minimum absolute atomic E-state index is 0.112. The molecule has 3 amide bonds. The number of aliphatic carboxylic acids is 1. The number of hydrogen-bond donors (Lipinski definition) is 3. The van der Waals surface area contributed by atoms with Gasteiger partial charge in [0, 0.05) is 20.2 Å². The zero-order valence-corrected chi connectivity index (χ0v) is 11.4. The van der Waals surface area contributed by atoms with E-state index in [0.717, 1.165) is 0 Å². The number of rotatable bonds is 5. The largest absolute Gasteiger partial charge is 0.480 e. The van der Waals surface area contributed by atoms with Crippen LogP contribution in [0.4, 0.5) is 9.59 Å². The highest BCUT2D eigenvalue weighted by Crippen LogP contribution is 2.09. The van der Waals surface area contributed by atoms with E-state index in [9.17, 15) is 14.4 Å². The zero-order chi connectivity index (χ0) is 15.1. The van der Waals surface area contributed by atoms with E-state index in [0.29, 0.717) is 19.5 Å². The molecule has 2 unspecified atom stereocenters. The van der Waals surface area contributed by atoms with Crippen molar-refractivity contribution in [3.05, 3.63) is 0 Å². The number of carbonyl (C=O) groups is 3. The summed E-state index contributed by atoms with van der Waals surface area (Å²) < 4.78 is 9.20.